The second-order valence-corrected chi connectivity index (χ2v) is 8.93. The standard InChI is InChI=1S/C26H22N4O2S/c1-16(17-8-3-2-4-9-17)28-25(32)18-10-7-11-19(14-18)30-15-21(31)23(24(30)27)26-29-20-12-5-6-13-22(20)33-26/h2-14,16,27,31H,15H2,1H3,(H,28,32). The Morgan fingerprint density at radius 1 is 1.09 bits per heavy atom. The number of amidine groups is 1. The molecule has 1 atom stereocenters. The van der Waals surface area contributed by atoms with Gasteiger partial charge in [-0.15, -0.1) is 11.3 Å². The molecule has 0 saturated carbocycles. The summed E-state index contributed by atoms with van der Waals surface area (Å²) in [6.07, 6.45) is 0. The third-order valence-electron chi connectivity index (χ3n) is 5.68. The van der Waals surface area contributed by atoms with Gasteiger partial charge in [-0.05, 0) is 42.8 Å². The minimum absolute atomic E-state index is 0.103. The molecule has 1 aliphatic rings. The SMILES string of the molecule is CC(NC(=O)c1cccc(N2CC(O)=C(c3nc4ccccc4s3)C2=N)c1)c1ccccc1. The Kier molecular flexibility index (Phi) is 5.40. The minimum atomic E-state index is -0.192. The van der Waals surface area contributed by atoms with Gasteiger partial charge in [-0.2, -0.15) is 0 Å². The molecule has 0 spiro atoms. The lowest BCUT2D eigenvalue weighted by molar-refractivity contribution is 0.0940. The van der Waals surface area contributed by atoms with Gasteiger partial charge in [-0.3, -0.25) is 10.2 Å². The molecule has 0 aliphatic carbocycles. The first-order valence-corrected chi connectivity index (χ1v) is 11.4. The minimum Gasteiger partial charge on any atom is -0.510 e. The molecule has 7 heteroatoms. The summed E-state index contributed by atoms with van der Waals surface area (Å²) in [7, 11) is 0. The Morgan fingerprint density at radius 3 is 2.64 bits per heavy atom. The average Bonchev–Trinajstić information content (AvgIpc) is 3.39. The summed E-state index contributed by atoms with van der Waals surface area (Å²) in [6, 6.07) is 24.5. The third kappa shape index (κ3) is 3.99. The number of carbonyl (C=O) groups excluding carboxylic acids is 1. The van der Waals surface area contributed by atoms with Crippen molar-refractivity contribution < 1.29 is 9.90 Å². The zero-order valence-corrected chi connectivity index (χ0v) is 18.8. The van der Waals surface area contributed by atoms with E-state index in [1.165, 1.54) is 11.3 Å². The van der Waals surface area contributed by atoms with Crippen molar-refractivity contribution in [2.75, 3.05) is 11.4 Å². The van der Waals surface area contributed by atoms with E-state index in [1.54, 1.807) is 23.1 Å². The maximum Gasteiger partial charge on any atom is 0.251 e. The molecule has 1 aliphatic heterocycles. The molecule has 3 N–H and O–H groups in total. The van der Waals surface area contributed by atoms with Crippen LogP contribution in [0.3, 0.4) is 0 Å². The smallest absolute Gasteiger partial charge is 0.251 e. The number of amides is 1. The number of fused-ring (bicyclic) bond motifs is 1. The molecular weight excluding hydrogens is 432 g/mol. The van der Waals surface area contributed by atoms with E-state index >= 15 is 0 Å². The highest BCUT2D eigenvalue weighted by molar-refractivity contribution is 7.19. The topological polar surface area (TPSA) is 89.3 Å². The summed E-state index contributed by atoms with van der Waals surface area (Å²) in [5, 5.41) is 23.0. The molecule has 1 amide bonds. The van der Waals surface area contributed by atoms with Gasteiger partial charge in [-0.1, -0.05) is 48.5 Å². The number of rotatable bonds is 5. The van der Waals surface area contributed by atoms with Gasteiger partial charge in [0.25, 0.3) is 5.91 Å². The Balaban J connectivity index is 1.37. The van der Waals surface area contributed by atoms with Crippen LogP contribution in [-0.4, -0.2) is 28.4 Å². The van der Waals surface area contributed by atoms with Gasteiger partial charge < -0.3 is 15.3 Å². The quantitative estimate of drug-likeness (QED) is 0.369. The van der Waals surface area contributed by atoms with Gasteiger partial charge in [0.05, 0.1) is 28.4 Å². The average molecular weight is 455 g/mol. The van der Waals surface area contributed by atoms with Gasteiger partial charge >= 0.3 is 0 Å². The molecule has 5 rings (SSSR count). The zero-order chi connectivity index (χ0) is 22.9. The fourth-order valence-electron chi connectivity index (χ4n) is 3.92. The van der Waals surface area contributed by atoms with E-state index in [0.717, 1.165) is 15.8 Å². The molecular formula is C26H22N4O2S. The van der Waals surface area contributed by atoms with Crippen molar-refractivity contribution in [2.24, 2.45) is 0 Å². The highest BCUT2D eigenvalue weighted by Crippen LogP contribution is 2.35. The third-order valence-corrected chi connectivity index (χ3v) is 6.73. The molecule has 164 valence electrons. The second kappa shape index (κ2) is 8.52. The lowest BCUT2D eigenvalue weighted by atomic mass is 10.1. The first-order chi connectivity index (χ1) is 16.0. The van der Waals surface area contributed by atoms with Crippen LogP contribution in [-0.2, 0) is 0 Å². The summed E-state index contributed by atoms with van der Waals surface area (Å²) in [4.78, 5) is 19.2. The molecule has 4 aromatic rings. The number of aliphatic hydroxyl groups excluding tert-OH is 1. The first kappa shape index (κ1) is 20.9. The highest BCUT2D eigenvalue weighted by atomic mass is 32.1. The first-order valence-electron chi connectivity index (χ1n) is 10.6. The van der Waals surface area contributed by atoms with Crippen molar-refractivity contribution >= 4 is 44.6 Å². The van der Waals surface area contributed by atoms with Gasteiger partial charge in [0, 0.05) is 11.3 Å². The number of nitrogens with one attached hydrogen (secondary N) is 2. The monoisotopic (exact) mass is 454 g/mol. The molecule has 1 unspecified atom stereocenters. The fraction of sp³-hybridized carbons (Fsp3) is 0.115. The molecule has 33 heavy (non-hydrogen) atoms. The number of hydrogen-bond donors (Lipinski definition) is 3. The highest BCUT2D eigenvalue weighted by Gasteiger charge is 2.31. The van der Waals surface area contributed by atoms with Crippen molar-refractivity contribution in [2.45, 2.75) is 13.0 Å². The van der Waals surface area contributed by atoms with E-state index in [1.807, 2.05) is 67.6 Å². The Bertz CT molecular complexity index is 1360. The van der Waals surface area contributed by atoms with Crippen LogP contribution in [0.1, 0.15) is 33.9 Å². The molecule has 2 heterocycles. The van der Waals surface area contributed by atoms with E-state index in [9.17, 15) is 9.90 Å². The summed E-state index contributed by atoms with van der Waals surface area (Å²) < 4.78 is 1.00. The Hall–Kier alpha value is -3.97. The number of anilines is 1. The van der Waals surface area contributed by atoms with Gasteiger partial charge in [0.2, 0.25) is 0 Å². The number of para-hydroxylation sites is 1. The van der Waals surface area contributed by atoms with Crippen molar-refractivity contribution in [3.63, 3.8) is 0 Å². The summed E-state index contributed by atoms with van der Waals surface area (Å²) in [5.74, 6) is 0.0795. The van der Waals surface area contributed by atoms with Crippen molar-refractivity contribution in [1.82, 2.24) is 10.3 Å². The molecule has 0 saturated heterocycles. The molecule has 0 radical (unpaired) electrons. The molecule has 3 aromatic carbocycles. The molecule has 1 aromatic heterocycles. The predicted molar refractivity (Wildman–Crippen MR) is 133 cm³/mol. The predicted octanol–water partition coefficient (Wildman–Crippen LogP) is 5.55. The molecule has 6 nitrogen and oxygen atoms in total. The summed E-state index contributed by atoms with van der Waals surface area (Å²) in [6.45, 7) is 2.11. The number of nitrogens with zero attached hydrogens (tertiary/aromatic N) is 2. The summed E-state index contributed by atoms with van der Waals surface area (Å²) in [5.41, 5.74) is 3.47. The number of thiazole rings is 1. The lowest BCUT2D eigenvalue weighted by Gasteiger charge is -2.20. The van der Waals surface area contributed by atoms with Crippen LogP contribution < -0.4 is 10.2 Å². The zero-order valence-electron chi connectivity index (χ0n) is 17.9. The van der Waals surface area contributed by atoms with Crippen LogP contribution >= 0.6 is 11.3 Å². The normalized spacial score (nSPS) is 14.7. The van der Waals surface area contributed by atoms with Crippen molar-refractivity contribution in [1.29, 1.82) is 5.41 Å². The van der Waals surface area contributed by atoms with Crippen LogP contribution in [0.5, 0.6) is 0 Å². The molecule has 0 fully saturated rings. The Morgan fingerprint density at radius 2 is 1.85 bits per heavy atom. The van der Waals surface area contributed by atoms with Gasteiger partial charge in [-0.25, -0.2) is 4.98 Å². The lowest BCUT2D eigenvalue weighted by Crippen LogP contribution is -2.28. The van der Waals surface area contributed by atoms with Crippen LogP contribution in [0.4, 0.5) is 5.69 Å². The number of carbonyl (C=O) groups is 1. The van der Waals surface area contributed by atoms with Crippen LogP contribution in [0.15, 0.2) is 84.6 Å². The number of aliphatic hydroxyl groups is 1. The van der Waals surface area contributed by atoms with Crippen LogP contribution in [0, 0.1) is 5.41 Å². The maximum atomic E-state index is 12.9. The van der Waals surface area contributed by atoms with E-state index in [4.69, 9.17) is 5.41 Å². The van der Waals surface area contributed by atoms with Gasteiger partial charge in [0.15, 0.2) is 0 Å². The van der Waals surface area contributed by atoms with Crippen molar-refractivity contribution in [3.8, 4) is 0 Å². The maximum absolute atomic E-state index is 12.9. The van der Waals surface area contributed by atoms with E-state index in [-0.39, 0.29) is 30.1 Å². The van der Waals surface area contributed by atoms with Crippen LogP contribution in [0.2, 0.25) is 0 Å². The second-order valence-electron chi connectivity index (χ2n) is 7.90. The largest absolute Gasteiger partial charge is 0.510 e. The fourth-order valence-corrected chi connectivity index (χ4v) is 4.96. The van der Waals surface area contributed by atoms with Crippen LogP contribution in [0.25, 0.3) is 15.8 Å². The number of benzene rings is 3. The number of hydrogen-bond acceptors (Lipinski definition) is 5. The summed E-state index contributed by atoms with van der Waals surface area (Å²) >= 11 is 1.45. The Labute approximate surface area is 195 Å². The van der Waals surface area contributed by atoms with Gasteiger partial charge in [0.1, 0.15) is 16.6 Å². The van der Waals surface area contributed by atoms with E-state index < -0.39 is 0 Å². The van der Waals surface area contributed by atoms with Crippen molar-refractivity contribution in [3.05, 3.63) is 101 Å². The van der Waals surface area contributed by atoms with E-state index in [0.29, 0.717) is 21.8 Å². The number of aromatic nitrogens is 1. The van der Waals surface area contributed by atoms with E-state index in [2.05, 4.69) is 10.3 Å². The molecule has 0 bridgehead atoms.